The zero-order valence-corrected chi connectivity index (χ0v) is 9.10. The molecule has 84 valence electrons. The number of amides is 1. The van der Waals surface area contributed by atoms with Gasteiger partial charge in [-0.15, -0.1) is 0 Å². The minimum atomic E-state index is 0.0563. The number of carbonyl (C=O) groups is 1. The molecule has 16 heavy (non-hydrogen) atoms. The van der Waals surface area contributed by atoms with Gasteiger partial charge in [0.2, 0.25) is 6.79 Å². The minimum absolute atomic E-state index is 0.0563. The van der Waals surface area contributed by atoms with Crippen molar-refractivity contribution in [1.82, 2.24) is 4.90 Å². The van der Waals surface area contributed by atoms with Gasteiger partial charge >= 0.3 is 0 Å². The van der Waals surface area contributed by atoms with Crippen molar-refractivity contribution in [3.05, 3.63) is 23.8 Å². The number of fused-ring (bicyclic) bond motifs is 1. The molecular weight excluding hydrogens is 206 g/mol. The molecule has 1 fully saturated rings. The monoisotopic (exact) mass is 219 g/mol. The van der Waals surface area contributed by atoms with E-state index in [9.17, 15) is 4.79 Å². The molecule has 2 aliphatic rings. The summed E-state index contributed by atoms with van der Waals surface area (Å²) in [5, 5.41) is 0. The molecule has 0 radical (unpaired) electrons. The predicted molar refractivity (Wildman–Crippen MR) is 57.7 cm³/mol. The van der Waals surface area contributed by atoms with Crippen LogP contribution in [0, 0.1) is 0 Å². The summed E-state index contributed by atoms with van der Waals surface area (Å²) >= 11 is 0. The number of carbonyl (C=O) groups excluding carboxylic acids is 1. The van der Waals surface area contributed by atoms with Crippen molar-refractivity contribution in [2.45, 2.75) is 18.9 Å². The van der Waals surface area contributed by atoms with Crippen molar-refractivity contribution in [1.29, 1.82) is 0 Å². The van der Waals surface area contributed by atoms with Crippen LogP contribution in [-0.2, 0) is 0 Å². The largest absolute Gasteiger partial charge is 0.454 e. The van der Waals surface area contributed by atoms with E-state index in [-0.39, 0.29) is 12.7 Å². The fourth-order valence-electron chi connectivity index (χ4n) is 1.86. The molecule has 1 aliphatic heterocycles. The molecule has 1 heterocycles. The molecule has 0 N–H and O–H groups in total. The van der Waals surface area contributed by atoms with Crippen LogP contribution < -0.4 is 9.47 Å². The Morgan fingerprint density at radius 1 is 1.31 bits per heavy atom. The van der Waals surface area contributed by atoms with Crippen LogP contribution in [-0.4, -0.2) is 30.7 Å². The van der Waals surface area contributed by atoms with Gasteiger partial charge in [-0.2, -0.15) is 0 Å². The quantitative estimate of drug-likeness (QED) is 0.759. The molecule has 0 spiro atoms. The summed E-state index contributed by atoms with van der Waals surface area (Å²) in [5.74, 6) is 1.43. The zero-order chi connectivity index (χ0) is 11.1. The molecule has 1 aliphatic carbocycles. The van der Waals surface area contributed by atoms with Gasteiger partial charge in [0.25, 0.3) is 5.91 Å². The van der Waals surface area contributed by atoms with Crippen molar-refractivity contribution < 1.29 is 14.3 Å². The number of rotatable bonds is 2. The van der Waals surface area contributed by atoms with Crippen LogP contribution in [0.25, 0.3) is 0 Å². The number of benzene rings is 1. The van der Waals surface area contributed by atoms with E-state index in [2.05, 4.69) is 0 Å². The Bertz CT molecular complexity index is 440. The number of hydrogen-bond donors (Lipinski definition) is 0. The van der Waals surface area contributed by atoms with E-state index in [1.165, 1.54) is 0 Å². The molecule has 1 aromatic carbocycles. The second-order valence-corrected chi connectivity index (χ2v) is 4.22. The van der Waals surface area contributed by atoms with E-state index in [0.29, 0.717) is 23.1 Å². The van der Waals surface area contributed by atoms with Crippen LogP contribution in [0.3, 0.4) is 0 Å². The fraction of sp³-hybridized carbons (Fsp3) is 0.417. The Morgan fingerprint density at radius 3 is 2.81 bits per heavy atom. The summed E-state index contributed by atoms with van der Waals surface area (Å²) in [4.78, 5) is 13.9. The summed E-state index contributed by atoms with van der Waals surface area (Å²) in [7, 11) is 1.85. The summed E-state index contributed by atoms with van der Waals surface area (Å²) in [6.07, 6.45) is 2.24. The van der Waals surface area contributed by atoms with Gasteiger partial charge in [-0.05, 0) is 31.0 Å². The minimum Gasteiger partial charge on any atom is -0.454 e. The molecule has 0 saturated heterocycles. The normalized spacial score (nSPS) is 17.3. The van der Waals surface area contributed by atoms with Gasteiger partial charge in [-0.3, -0.25) is 4.79 Å². The zero-order valence-electron chi connectivity index (χ0n) is 9.10. The molecule has 0 unspecified atom stereocenters. The summed E-state index contributed by atoms with van der Waals surface area (Å²) in [5.41, 5.74) is 0.665. The fourth-order valence-corrected chi connectivity index (χ4v) is 1.86. The lowest BCUT2D eigenvalue weighted by Gasteiger charge is -2.16. The highest BCUT2D eigenvalue weighted by atomic mass is 16.7. The van der Waals surface area contributed by atoms with Crippen molar-refractivity contribution in [2.75, 3.05) is 13.8 Å². The Morgan fingerprint density at radius 2 is 2.06 bits per heavy atom. The Hall–Kier alpha value is -1.71. The average Bonchev–Trinajstić information content (AvgIpc) is 3.05. The molecule has 4 heteroatoms. The van der Waals surface area contributed by atoms with E-state index in [1.54, 1.807) is 23.1 Å². The van der Waals surface area contributed by atoms with Gasteiger partial charge < -0.3 is 14.4 Å². The Kier molecular flexibility index (Phi) is 2.02. The maximum Gasteiger partial charge on any atom is 0.253 e. The third-order valence-corrected chi connectivity index (χ3v) is 3.03. The van der Waals surface area contributed by atoms with Crippen LogP contribution in [0.15, 0.2) is 18.2 Å². The van der Waals surface area contributed by atoms with Gasteiger partial charge in [0, 0.05) is 18.7 Å². The van der Waals surface area contributed by atoms with Crippen LogP contribution in [0.4, 0.5) is 0 Å². The lowest BCUT2D eigenvalue weighted by Crippen LogP contribution is -2.28. The van der Waals surface area contributed by atoms with E-state index < -0.39 is 0 Å². The number of hydrogen-bond acceptors (Lipinski definition) is 3. The summed E-state index contributed by atoms with van der Waals surface area (Å²) in [6, 6.07) is 5.76. The molecular formula is C12H13NO3. The van der Waals surface area contributed by atoms with Crippen LogP contribution >= 0.6 is 0 Å². The molecule has 1 saturated carbocycles. The first-order valence-corrected chi connectivity index (χ1v) is 5.42. The maximum absolute atomic E-state index is 12.1. The molecule has 0 atom stereocenters. The lowest BCUT2D eigenvalue weighted by atomic mass is 10.2. The van der Waals surface area contributed by atoms with E-state index >= 15 is 0 Å². The van der Waals surface area contributed by atoms with E-state index in [1.807, 2.05) is 7.05 Å². The highest BCUT2D eigenvalue weighted by Gasteiger charge is 2.30. The van der Waals surface area contributed by atoms with E-state index in [0.717, 1.165) is 12.8 Å². The average molecular weight is 219 g/mol. The van der Waals surface area contributed by atoms with Gasteiger partial charge in [-0.1, -0.05) is 0 Å². The first-order chi connectivity index (χ1) is 7.75. The second-order valence-electron chi connectivity index (χ2n) is 4.22. The first-order valence-electron chi connectivity index (χ1n) is 5.42. The van der Waals surface area contributed by atoms with Gasteiger partial charge in [0.05, 0.1) is 0 Å². The van der Waals surface area contributed by atoms with Crippen LogP contribution in [0.1, 0.15) is 23.2 Å². The van der Waals surface area contributed by atoms with Crippen LogP contribution in [0.5, 0.6) is 11.5 Å². The van der Waals surface area contributed by atoms with Crippen molar-refractivity contribution >= 4 is 5.91 Å². The third kappa shape index (κ3) is 1.50. The molecule has 4 nitrogen and oxygen atoms in total. The Balaban J connectivity index is 1.85. The van der Waals surface area contributed by atoms with Gasteiger partial charge in [-0.25, -0.2) is 0 Å². The molecule has 0 bridgehead atoms. The third-order valence-electron chi connectivity index (χ3n) is 3.03. The smallest absolute Gasteiger partial charge is 0.253 e. The lowest BCUT2D eigenvalue weighted by molar-refractivity contribution is 0.0784. The second kappa shape index (κ2) is 3.40. The standard InChI is InChI=1S/C12H13NO3/c1-13(9-3-4-9)12(14)8-2-5-10-11(6-8)16-7-15-10/h2,5-6,9H,3-4,7H2,1H3. The van der Waals surface area contributed by atoms with Gasteiger partial charge in [0.1, 0.15) is 0 Å². The molecule has 1 amide bonds. The summed E-state index contributed by atoms with van der Waals surface area (Å²) < 4.78 is 10.5. The number of nitrogens with zero attached hydrogens (tertiary/aromatic N) is 1. The van der Waals surface area contributed by atoms with Crippen molar-refractivity contribution in [2.24, 2.45) is 0 Å². The maximum atomic E-state index is 12.1. The van der Waals surface area contributed by atoms with Crippen molar-refractivity contribution in [3.8, 4) is 11.5 Å². The van der Waals surface area contributed by atoms with Crippen molar-refractivity contribution in [3.63, 3.8) is 0 Å². The SMILES string of the molecule is CN(C(=O)c1ccc2c(c1)OCO2)C1CC1. The highest BCUT2D eigenvalue weighted by molar-refractivity contribution is 5.95. The molecule has 3 rings (SSSR count). The van der Waals surface area contributed by atoms with Gasteiger partial charge in [0.15, 0.2) is 11.5 Å². The predicted octanol–water partition coefficient (Wildman–Crippen LogP) is 1.65. The highest BCUT2D eigenvalue weighted by Crippen LogP contribution is 2.33. The van der Waals surface area contributed by atoms with Crippen LogP contribution in [0.2, 0.25) is 0 Å². The molecule has 0 aromatic heterocycles. The van der Waals surface area contributed by atoms with E-state index in [4.69, 9.17) is 9.47 Å². The summed E-state index contributed by atoms with van der Waals surface area (Å²) in [6.45, 7) is 0.242. The first kappa shape index (κ1) is 9.51. The molecule has 1 aromatic rings. The topological polar surface area (TPSA) is 38.8 Å². The Labute approximate surface area is 93.8 Å². The number of ether oxygens (including phenoxy) is 2.